The first-order valence-corrected chi connectivity index (χ1v) is 10.5. The van der Waals surface area contributed by atoms with E-state index in [4.69, 9.17) is 16.3 Å². The second kappa shape index (κ2) is 9.10. The van der Waals surface area contributed by atoms with Crippen LogP contribution in [0.3, 0.4) is 0 Å². The van der Waals surface area contributed by atoms with Crippen LogP contribution in [0.5, 0.6) is 0 Å². The summed E-state index contributed by atoms with van der Waals surface area (Å²) < 4.78 is 19.6. The van der Waals surface area contributed by atoms with Gasteiger partial charge in [0.2, 0.25) is 0 Å². The van der Waals surface area contributed by atoms with Crippen LogP contribution in [0.4, 0.5) is 15.8 Å². The number of carbonyl (C=O) groups excluding carboxylic acids is 1. The molecule has 0 unspecified atom stereocenters. The average Bonchev–Trinajstić information content (AvgIpc) is 2.73. The van der Waals surface area contributed by atoms with Crippen molar-refractivity contribution < 1.29 is 13.9 Å². The Bertz CT molecular complexity index is 1220. The van der Waals surface area contributed by atoms with Crippen LogP contribution in [0.2, 0.25) is 5.02 Å². The predicted octanol–water partition coefficient (Wildman–Crippen LogP) is 4.23. The van der Waals surface area contributed by atoms with Crippen molar-refractivity contribution in [1.29, 1.82) is 0 Å². The molecule has 1 aliphatic heterocycles. The van der Waals surface area contributed by atoms with E-state index in [2.05, 4.69) is 20.6 Å². The Morgan fingerprint density at radius 2 is 2.00 bits per heavy atom. The van der Waals surface area contributed by atoms with Gasteiger partial charge in [0, 0.05) is 28.7 Å². The van der Waals surface area contributed by atoms with E-state index in [1.807, 2.05) is 13.8 Å². The summed E-state index contributed by atoms with van der Waals surface area (Å²) in [6.07, 6.45) is 3.03. The molecule has 1 saturated heterocycles. The van der Waals surface area contributed by atoms with E-state index in [1.165, 1.54) is 24.4 Å². The summed E-state index contributed by atoms with van der Waals surface area (Å²) in [7, 11) is 0. The summed E-state index contributed by atoms with van der Waals surface area (Å²) in [6, 6.07) is 7.26. The summed E-state index contributed by atoms with van der Waals surface area (Å²) >= 11 is 6.03. The number of amides is 1. The lowest BCUT2D eigenvalue weighted by Crippen LogP contribution is -2.48. The Morgan fingerprint density at radius 1 is 1.22 bits per heavy atom. The normalized spacial score (nSPS) is 13.7. The number of rotatable bonds is 6. The molecule has 0 spiro atoms. The Labute approximate surface area is 189 Å². The lowest BCUT2D eigenvalue weighted by atomic mass is 10.0. The zero-order valence-electron chi connectivity index (χ0n) is 17.5. The second-order valence-electron chi connectivity index (χ2n) is 7.87. The smallest absolute Gasteiger partial charge is 0.256 e. The molecule has 4 rings (SSSR count). The van der Waals surface area contributed by atoms with Crippen LogP contribution in [0.1, 0.15) is 35.8 Å². The number of hydrogen-bond donors (Lipinski definition) is 3. The summed E-state index contributed by atoms with van der Waals surface area (Å²) in [5.41, 5.74) is 1.80. The highest BCUT2D eigenvalue weighted by Crippen LogP contribution is 2.31. The monoisotopic (exact) mass is 456 g/mol. The van der Waals surface area contributed by atoms with Gasteiger partial charge in [0.15, 0.2) is 0 Å². The fraction of sp³-hybridized carbons (Fsp3) is 0.261. The average molecular weight is 457 g/mol. The van der Waals surface area contributed by atoms with Crippen LogP contribution >= 0.6 is 11.6 Å². The number of nitrogens with zero attached hydrogens (tertiary/aromatic N) is 1. The van der Waals surface area contributed by atoms with Crippen LogP contribution in [0, 0.1) is 5.82 Å². The maximum absolute atomic E-state index is 14.5. The number of pyridine rings is 2. The standard InChI is InChI=1S/C23H22ClFN4O3/c1-12(2)21-20(8-16(22(30)29-21)15-7-13(24)3-4-18(15)25)28-19-5-6-26-9-17(19)23(31)27-14-10-32-11-14/h3-9,12,14H,10-11H2,1-2H3,(H,26,28)(H,27,31)(H,29,30). The van der Waals surface area contributed by atoms with E-state index in [-0.39, 0.29) is 29.0 Å². The topological polar surface area (TPSA) is 96.1 Å². The van der Waals surface area contributed by atoms with Gasteiger partial charge in [0.1, 0.15) is 5.82 Å². The van der Waals surface area contributed by atoms with Crippen molar-refractivity contribution in [3.05, 3.63) is 75.2 Å². The fourth-order valence-electron chi connectivity index (χ4n) is 3.42. The molecule has 0 saturated carbocycles. The number of aromatic amines is 1. The van der Waals surface area contributed by atoms with Crippen molar-refractivity contribution in [2.24, 2.45) is 0 Å². The van der Waals surface area contributed by atoms with Gasteiger partial charge in [0.25, 0.3) is 11.5 Å². The molecule has 1 fully saturated rings. The molecular formula is C23H22ClFN4O3. The molecule has 166 valence electrons. The number of carbonyl (C=O) groups is 1. The first kappa shape index (κ1) is 22.0. The van der Waals surface area contributed by atoms with Gasteiger partial charge in [-0.1, -0.05) is 25.4 Å². The number of H-pyrrole nitrogens is 1. The highest BCUT2D eigenvalue weighted by Gasteiger charge is 2.23. The van der Waals surface area contributed by atoms with Crippen LogP contribution in [-0.4, -0.2) is 35.1 Å². The lowest BCUT2D eigenvalue weighted by Gasteiger charge is -2.27. The Hall–Kier alpha value is -3.23. The van der Waals surface area contributed by atoms with Gasteiger partial charge in [-0.25, -0.2) is 4.39 Å². The molecule has 1 aliphatic rings. The minimum absolute atomic E-state index is 0.0349. The molecule has 0 radical (unpaired) electrons. The van der Waals surface area contributed by atoms with Gasteiger partial charge < -0.3 is 20.4 Å². The number of aromatic nitrogens is 2. The van der Waals surface area contributed by atoms with Crippen LogP contribution in [-0.2, 0) is 4.74 Å². The Kier molecular flexibility index (Phi) is 6.25. The number of anilines is 2. The number of halogens is 2. The SMILES string of the molecule is CC(C)c1[nH]c(=O)c(-c2cc(Cl)ccc2F)cc1Nc1ccncc1C(=O)NC1COC1. The minimum atomic E-state index is -0.560. The third-order valence-electron chi connectivity index (χ3n) is 5.18. The Morgan fingerprint density at radius 3 is 2.69 bits per heavy atom. The molecule has 2 aromatic heterocycles. The maximum atomic E-state index is 14.5. The van der Waals surface area contributed by atoms with Crippen LogP contribution < -0.4 is 16.2 Å². The second-order valence-corrected chi connectivity index (χ2v) is 8.31. The van der Waals surface area contributed by atoms with Crippen molar-refractivity contribution in [2.45, 2.75) is 25.8 Å². The quantitative estimate of drug-likeness (QED) is 0.516. The number of hydrogen-bond acceptors (Lipinski definition) is 5. The lowest BCUT2D eigenvalue weighted by molar-refractivity contribution is -0.00345. The highest BCUT2D eigenvalue weighted by molar-refractivity contribution is 6.30. The third-order valence-corrected chi connectivity index (χ3v) is 5.41. The van der Waals surface area contributed by atoms with Gasteiger partial charge in [-0.05, 0) is 36.2 Å². The van der Waals surface area contributed by atoms with Gasteiger partial charge in [-0.15, -0.1) is 0 Å². The van der Waals surface area contributed by atoms with E-state index >= 15 is 0 Å². The summed E-state index contributed by atoms with van der Waals surface area (Å²) in [5, 5.41) is 6.43. The Balaban J connectivity index is 1.76. The first-order chi connectivity index (χ1) is 15.3. The molecule has 0 aliphatic carbocycles. The molecule has 3 heterocycles. The van der Waals surface area contributed by atoms with Gasteiger partial charge in [-0.3, -0.25) is 14.6 Å². The van der Waals surface area contributed by atoms with E-state index < -0.39 is 11.4 Å². The van der Waals surface area contributed by atoms with E-state index in [0.717, 1.165) is 0 Å². The summed E-state index contributed by atoms with van der Waals surface area (Å²) in [4.78, 5) is 32.4. The van der Waals surface area contributed by atoms with Crippen molar-refractivity contribution in [3.63, 3.8) is 0 Å². The van der Waals surface area contributed by atoms with E-state index in [1.54, 1.807) is 18.3 Å². The first-order valence-electron chi connectivity index (χ1n) is 10.2. The zero-order valence-corrected chi connectivity index (χ0v) is 18.3. The van der Waals surface area contributed by atoms with Crippen molar-refractivity contribution >= 4 is 28.9 Å². The highest BCUT2D eigenvalue weighted by atomic mass is 35.5. The minimum Gasteiger partial charge on any atom is -0.377 e. The van der Waals surface area contributed by atoms with E-state index in [9.17, 15) is 14.0 Å². The molecule has 0 bridgehead atoms. The molecule has 9 heteroatoms. The van der Waals surface area contributed by atoms with Gasteiger partial charge >= 0.3 is 0 Å². The zero-order chi connectivity index (χ0) is 22.8. The van der Waals surface area contributed by atoms with Crippen LogP contribution in [0.15, 0.2) is 47.5 Å². The molecule has 3 aromatic rings. The molecule has 1 amide bonds. The predicted molar refractivity (Wildman–Crippen MR) is 121 cm³/mol. The largest absolute Gasteiger partial charge is 0.377 e. The number of ether oxygens (including phenoxy) is 1. The number of benzene rings is 1. The summed E-state index contributed by atoms with van der Waals surface area (Å²) in [5.74, 6) is -0.893. The molecule has 3 N–H and O–H groups in total. The number of nitrogens with one attached hydrogen (secondary N) is 3. The van der Waals surface area contributed by atoms with Crippen molar-refractivity contribution in [3.8, 4) is 11.1 Å². The fourth-order valence-corrected chi connectivity index (χ4v) is 3.59. The van der Waals surface area contributed by atoms with Gasteiger partial charge in [0.05, 0.1) is 41.8 Å². The van der Waals surface area contributed by atoms with Crippen LogP contribution in [0.25, 0.3) is 11.1 Å². The molecule has 7 nitrogen and oxygen atoms in total. The molecule has 32 heavy (non-hydrogen) atoms. The van der Waals surface area contributed by atoms with E-state index in [0.29, 0.717) is 40.9 Å². The van der Waals surface area contributed by atoms with Gasteiger partial charge in [-0.2, -0.15) is 0 Å². The third kappa shape index (κ3) is 4.51. The van der Waals surface area contributed by atoms with Crippen molar-refractivity contribution in [1.82, 2.24) is 15.3 Å². The maximum Gasteiger partial charge on any atom is 0.256 e. The molecular weight excluding hydrogens is 435 g/mol. The molecule has 1 aromatic carbocycles. The van der Waals surface area contributed by atoms with Crippen molar-refractivity contribution in [2.75, 3.05) is 18.5 Å². The summed E-state index contributed by atoms with van der Waals surface area (Å²) in [6.45, 7) is 4.79. The molecule has 0 atom stereocenters.